The zero-order valence-electron chi connectivity index (χ0n) is 17.8. The molecule has 152 valence electrons. The molecule has 0 aliphatic heterocycles. The van der Waals surface area contributed by atoms with Gasteiger partial charge in [-0.25, -0.2) is 4.79 Å². The van der Waals surface area contributed by atoms with Crippen molar-refractivity contribution in [3.8, 4) is 0 Å². The monoisotopic (exact) mass is 390 g/mol. The van der Waals surface area contributed by atoms with Gasteiger partial charge in [0.2, 0.25) is 0 Å². The van der Waals surface area contributed by atoms with E-state index in [1.165, 1.54) is 83.5 Å². The maximum absolute atomic E-state index is 10.8. The molecule has 0 saturated heterocycles. The van der Waals surface area contributed by atoms with Gasteiger partial charge < -0.3 is 15.0 Å². The van der Waals surface area contributed by atoms with E-state index in [4.69, 9.17) is 5.11 Å². The summed E-state index contributed by atoms with van der Waals surface area (Å²) in [5.41, 5.74) is -0.108. The van der Waals surface area contributed by atoms with Gasteiger partial charge in [-0.2, -0.15) is 0 Å². The minimum atomic E-state index is -1.37. The third kappa shape index (κ3) is 21.8. The Morgan fingerprint density at radius 1 is 0.704 bits per heavy atom. The van der Waals surface area contributed by atoms with Crippen LogP contribution < -0.4 is 34.7 Å². The molecule has 0 fully saturated rings. The van der Waals surface area contributed by atoms with E-state index in [0.717, 1.165) is 18.9 Å². The topological polar surface area (TPSA) is 77.4 Å². The fourth-order valence-electron chi connectivity index (χ4n) is 3.25. The molecule has 0 spiro atoms. The summed E-state index contributed by atoms with van der Waals surface area (Å²) in [5.74, 6) is -2.59. The van der Waals surface area contributed by atoms with E-state index >= 15 is 0 Å². The fraction of sp³-hybridized carbons (Fsp3) is 0.818. The molecule has 0 aromatic carbocycles. The molecule has 0 rings (SSSR count). The Morgan fingerprint density at radius 3 is 1.33 bits per heavy atom. The molecule has 0 bridgehead atoms. The Kier molecular flexibility index (Phi) is 23.5. The number of carbonyl (C=O) groups excluding carboxylic acids is 1. The molecule has 0 aliphatic rings. The van der Waals surface area contributed by atoms with Crippen molar-refractivity contribution in [3.63, 3.8) is 0 Å². The summed E-state index contributed by atoms with van der Waals surface area (Å²) in [5, 5.41) is 19.4. The number of aliphatic carboxylic acids is 2. The molecule has 0 aliphatic carbocycles. The van der Waals surface area contributed by atoms with Crippen LogP contribution in [-0.2, 0) is 9.59 Å². The molecular formula is C22H39NaO4. The minimum absolute atomic E-state index is 0. The van der Waals surface area contributed by atoms with Crippen molar-refractivity contribution in [2.75, 3.05) is 0 Å². The number of hydrogen-bond donors (Lipinski definition) is 1. The molecule has 0 aromatic heterocycles. The van der Waals surface area contributed by atoms with Gasteiger partial charge in [0.15, 0.2) is 0 Å². The van der Waals surface area contributed by atoms with E-state index in [0.29, 0.717) is 6.42 Å². The Bertz CT molecular complexity index is 394. The van der Waals surface area contributed by atoms with Crippen LogP contribution in [0.2, 0.25) is 0 Å². The molecule has 0 amide bonds. The van der Waals surface area contributed by atoms with Crippen LogP contribution in [0.15, 0.2) is 11.6 Å². The van der Waals surface area contributed by atoms with Crippen molar-refractivity contribution in [2.24, 2.45) is 0 Å². The summed E-state index contributed by atoms with van der Waals surface area (Å²) in [6.45, 7) is 2.26. The first kappa shape index (κ1) is 28.9. The number of hydrogen-bond acceptors (Lipinski definition) is 3. The summed E-state index contributed by atoms with van der Waals surface area (Å²) >= 11 is 0. The summed E-state index contributed by atoms with van der Waals surface area (Å²) < 4.78 is 0. The number of carboxylic acid groups (broad SMARTS) is 2. The van der Waals surface area contributed by atoms with Crippen molar-refractivity contribution < 1.29 is 49.4 Å². The van der Waals surface area contributed by atoms with Crippen LogP contribution >= 0.6 is 0 Å². The molecule has 0 heterocycles. The third-order valence-electron chi connectivity index (χ3n) is 4.86. The fourth-order valence-corrected chi connectivity index (χ4v) is 3.25. The molecule has 1 N–H and O–H groups in total. The van der Waals surface area contributed by atoms with Crippen LogP contribution in [0.25, 0.3) is 0 Å². The van der Waals surface area contributed by atoms with Crippen LogP contribution in [0, 0.1) is 0 Å². The number of unbranched alkanes of at least 4 members (excludes halogenated alkanes) is 15. The average Bonchev–Trinajstić information content (AvgIpc) is 2.59. The first-order valence-corrected chi connectivity index (χ1v) is 10.7. The Hall–Kier alpha value is -0.320. The molecular weight excluding hydrogens is 351 g/mol. The summed E-state index contributed by atoms with van der Waals surface area (Å²) in [6.07, 6.45) is 21.3. The third-order valence-corrected chi connectivity index (χ3v) is 4.86. The van der Waals surface area contributed by atoms with Crippen LogP contribution in [0.5, 0.6) is 0 Å². The summed E-state index contributed by atoms with van der Waals surface area (Å²) in [6, 6.07) is 0. The van der Waals surface area contributed by atoms with Gasteiger partial charge in [0, 0.05) is 6.08 Å². The number of carboxylic acids is 2. The minimum Gasteiger partial charge on any atom is -0.545 e. The zero-order chi connectivity index (χ0) is 19.5. The van der Waals surface area contributed by atoms with Gasteiger partial charge in [-0.3, -0.25) is 0 Å². The van der Waals surface area contributed by atoms with E-state index in [1.54, 1.807) is 0 Å². The second-order valence-corrected chi connectivity index (χ2v) is 7.35. The zero-order valence-corrected chi connectivity index (χ0v) is 19.8. The first-order valence-electron chi connectivity index (χ1n) is 10.7. The normalized spacial score (nSPS) is 11.2. The van der Waals surface area contributed by atoms with E-state index in [2.05, 4.69) is 6.92 Å². The van der Waals surface area contributed by atoms with Crippen molar-refractivity contribution in [2.45, 2.75) is 116 Å². The Labute approximate surface area is 188 Å². The predicted molar refractivity (Wildman–Crippen MR) is 105 cm³/mol. The van der Waals surface area contributed by atoms with Gasteiger partial charge >= 0.3 is 35.5 Å². The van der Waals surface area contributed by atoms with Crippen LogP contribution in [0.4, 0.5) is 0 Å². The summed E-state index contributed by atoms with van der Waals surface area (Å²) in [4.78, 5) is 21.3. The van der Waals surface area contributed by atoms with E-state index in [1.807, 2.05) is 0 Å². The molecule has 5 heteroatoms. The van der Waals surface area contributed by atoms with E-state index < -0.39 is 11.9 Å². The van der Waals surface area contributed by atoms with E-state index in [-0.39, 0.29) is 41.6 Å². The van der Waals surface area contributed by atoms with Crippen LogP contribution in [0.3, 0.4) is 0 Å². The van der Waals surface area contributed by atoms with Gasteiger partial charge in [-0.15, -0.1) is 0 Å². The predicted octanol–water partition coefficient (Wildman–Crippen LogP) is 2.40. The molecule has 27 heavy (non-hydrogen) atoms. The quantitative estimate of drug-likeness (QED) is 0.209. The molecule has 0 unspecified atom stereocenters. The smallest absolute Gasteiger partial charge is 0.545 e. The summed E-state index contributed by atoms with van der Waals surface area (Å²) in [7, 11) is 0. The van der Waals surface area contributed by atoms with Crippen LogP contribution in [0.1, 0.15) is 116 Å². The molecule has 4 nitrogen and oxygen atoms in total. The SMILES string of the molecule is CCCCCCCCCCCCCCCCCC/C(=C\C(=O)O)C(=O)[O-].[Na+]. The molecule has 0 aromatic rings. The van der Waals surface area contributed by atoms with Crippen molar-refractivity contribution >= 4 is 11.9 Å². The maximum atomic E-state index is 10.8. The van der Waals surface area contributed by atoms with Gasteiger partial charge in [-0.1, -0.05) is 103 Å². The van der Waals surface area contributed by atoms with Gasteiger partial charge in [-0.05, 0) is 18.4 Å². The van der Waals surface area contributed by atoms with Gasteiger partial charge in [0.05, 0.1) is 5.97 Å². The Morgan fingerprint density at radius 2 is 1.04 bits per heavy atom. The van der Waals surface area contributed by atoms with Crippen molar-refractivity contribution in [1.29, 1.82) is 0 Å². The second-order valence-electron chi connectivity index (χ2n) is 7.35. The molecule has 0 saturated carbocycles. The van der Waals surface area contributed by atoms with Gasteiger partial charge in [0.25, 0.3) is 0 Å². The average molecular weight is 391 g/mol. The molecule has 0 atom stereocenters. The van der Waals surface area contributed by atoms with E-state index in [9.17, 15) is 14.7 Å². The Balaban J connectivity index is 0. The number of rotatable bonds is 19. The second kappa shape index (κ2) is 22.0. The van der Waals surface area contributed by atoms with Crippen LogP contribution in [-0.4, -0.2) is 17.0 Å². The molecule has 0 radical (unpaired) electrons. The maximum Gasteiger partial charge on any atom is 1.00 e. The van der Waals surface area contributed by atoms with Crippen molar-refractivity contribution in [1.82, 2.24) is 0 Å². The first-order chi connectivity index (χ1) is 12.6. The largest absolute Gasteiger partial charge is 1.00 e. The number of carbonyl (C=O) groups is 2. The van der Waals surface area contributed by atoms with Crippen molar-refractivity contribution in [3.05, 3.63) is 11.6 Å². The van der Waals surface area contributed by atoms with Gasteiger partial charge in [0.1, 0.15) is 0 Å². The standard InChI is InChI=1S/C22H40O4.Na/c1-2-3-4-5-6-7-8-9-10-11-12-13-14-15-16-17-18-20(22(25)26)19-21(23)24;/h19H,2-18H2,1H3,(H,23,24)(H,25,26);/q;+1/p-1/b20-19+;.